The highest BCUT2D eigenvalue weighted by Crippen LogP contribution is 2.12. The fraction of sp³-hybridized carbons (Fsp3) is 0.412. The van der Waals surface area contributed by atoms with E-state index in [9.17, 15) is 5.11 Å². The Labute approximate surface area is 121 Å². The zero-order chi connectivity index (χ0) is 14.4. The highest BCUT2D eigenvalue weighted by atomic mass is 16.3. The lowest BCUT2D eigenvalue weighted by atomic mass is 10.1. The molecule has 0 aliphatic carbocycles. The number of hydrogen-bond donors (Lipinski definition) is 2. The predicted octanol–water partition coefficient (Wildman–Crippen LogP) is 3.32. The molecule has 1 aromatic carbocycles. The van der Waals surface area contributed by atoms with Gasteiger partial charge in [-0.3, -0.25) is 0 Å². The van der Waals surface area contributed by atoms with Gasteiger partial charge in [0.1, 0.15) is 5.75 Å². The SMILES string of the molecule is CCn1ccc(CNC(C)CCc2ccc(O)cc2)c1. The van der Waals surface area contributed by atoms with Gasteiger partial charge in [-0.2, -0.15) is 0 Å². The van der Waals surface area contributed by atoms with Gasteiger partial charge in [-0.15, -0.1) is 0 Å². The van der Waals surface area contributed by atoms with Gasteiger partial charge in [0, 0.05) is 31.5 Å². The van der Waals surface area contributed by atoms with Gasteiger partial charge in [-0.05, 0) is 56.0 Å². The third kappa shape index (κ3) is 4.42. The summed E-state index contributed by atoms with van der Waals surface area (Å²) in [4.78, 5) is 0. The summed E-state index contributed by atoms with van der Waals surface area (Å²) in [5, 5.41) is 12.8. The van der Waals surface area contributed by atoms with E-state index in [1.165, 1.54) is 11.1 Å². The summed E-state index contributed by atoms with van der Waals surface area (Å²) >= 11 is 0. The molecule has 0 aliphatic heterocycles. The van der Waals surface area contributed by atoms with E-state index in [0.29, 0.717) is 11.8 Å². The molecule has 2 aromatic rings. The van der Waals surface area contributed by atoms with Crippen LogP contribution in [-0.4, -0.2) is 15.7 Å². The van der Waals surface area contributed by atoms with Crippen LogP contribution in [0.3, 0.4) is 0 Å². The summed E-state index contributed by atoms with van der Waals surface area (Å²) in [6.45, 7) is 6.31. The van der Waals surface area contributed by atoms with Crippen molar-refractivity contribution in [3.63, 3.8) is 0 Å². The average molecular weight is 272 g/mol. The molecule has 1 atom stereocenters. The number of aromatic hydroxyl groups is 1. The highest BCUT2D eigenvalue weighted by Gasteiger charge is 2.03. The quantitative estimate of drug-likeness (QED) is 0.811. The van der Waals surface area contributed by atoms with Crippen molar-refractivity contribution >= 4 is 0 Å². The van der Waals surface area contributed by atoms with Crippen molar-refractivity contribution in [2.75, 3.05) is 0 Å². The molecule has 0 saturated carbocycles. The molecule has 20 heavy (non-hydrogen) atoms. The molecule has 0 bridgehead atoms. The first-order chi connectivity index (χ1) is 9.67. The topological polar surface area (TPSA) is 37.2 Å². The van der Waals surface area contributed by atoms with Gasteiger partial charge in [0.2, 0.25) is 0 Å². The smallest absolute Gasteiger partial charge is 0.115 e. The Balaban J connectivity index is 1.72. The molecule has 1 aromatic heterocycles. The lowest BCUT2D eigenvalue weighted by molar-refractivity contribution is 0.474. The van der Waals surface area contributed by atoms with Gasteiger partial charge in [-0.25, -0.2) is 0 Å². The van der Waals surface area contributed by atoms with Crippen molar-refractivity contribution in [2.45, 2.75) is 45.8 Å². The van der Waals surface area contributed by atoms with Gasteiger partial charge in [0.25, 0.3) is 0 Å². The van der Waals surface area contributed by atoms with Crippen LogP contribution in [0.4, 0.5) is 0 Å². The largest absolute Gasteiger partial charge is 0.508 e. The van der Waals surface area contributed by atoms with Crippen LogP contribution in [0, 0.1) is 0 Å². The van der Waals surface area contributed by atoms with Gasteiger partial charge < -0.3 is 15.0 Å². The number of phenolic OH excluding ortho intramolecular Hbond substituents is 1. The molecule has 1 heterocycles. The monoisotopic (exact) mass is 272 g/mol. The summed E-state index contributed by atoms with van der Waals surface area (Å²) in [7, 11) is 0. The van der Waals surface area contributed by atoms with Crippen LogP contribution in [0.25, 0.3) is 0 Å². The summed E-state index contributed by atoms with van der Waals surface area (Å²) in [5.41, 5.74) is 2.61. The van der Waals surface area contributed by atoms with Crippen LogP contribution in [0.5, 0.6) is 5.75 Å². The van der Waals surface area contributed by atoms with Crippen LogP contribution in [0.1, 0.15) is 31.4 Å². The Morgan fingerprint density at radius 3 is 2.55 bits per heavy atom. The normalized spacial score (nSPS) is 12.5. The lowest BCUT2D eigenvalue weighted by Crippen LogP contribution is -2.25. The first-order valence-corrected chi connectivity index (χ1v) is 7.33. The minimum absolute atomic E-state index is 0.334. The second-order valence-electron chi connectivity index (χ2n) is 5.34. The Kier molecular flexibility index (Phi) is 5.24. The van der Waals surface area contributed by atoms with Crippen molar-refractivity contribution in [3.8, 4) is 5.75 Å². The molecule has 108 valence electrons. The lowest BCUT2D eigenvalue weighted by Gasteiger charge is -2.13. The molecule has 0 aliphatic rings. The molecule has 2 rings (SSSR count). The molecule has 0 saturated heterocycles. The first kappa shape index (κ1) is 14.7. The minimum atomic E-state index is 0.334. The molecule has 3 heteroatoms. The van der Waals surface area contributed by atoms with Gasteiger partial charge in [-0.1, -0.05) is 12.1 Å². The fourth-order valence-electron chi connectivity index (χ4n) is 2.23. The standard InChI is InChI=1S/C17H24N2O/c1-3-19-11-10-16(13-19)12-18-14(2)4-5-15-6-8-17(20)9-7-15/h6-11,13-14,18,20H,3-5,12H2,1-2H3. The Morgan fingerprint density at radius 1 is 1.15 bits per heavy atom. The van der Waals surface area contributed by atoms with Crippen molar-refractivity contribution in [2.24, 2.45) is 0 Å². The Bertz CT molecular complexity index is 516. The summed E-state index contributed by atoms with van der Waals surface area (Å²) in [6.07, 6.45) is 6.45. The maximum Gasteiger partial charge on any atom is 0.115 e. The molecule has 0 radical (unpaired) electrons. The average Bonchev–Trinajstić information content (AvgIpc) is 2.92. The van der Waals surface area contributed by atoms with Crippen LogP contribution in [0.15, 0.2) is 42.7 Å². The van der Waals surface area contributed by atoms with Gasteiger partial charge >= 0.3 is 0 Å². The van der Waals surface area contributed by atoms with E-state index in [4.69, 9.17) is 0 Å². The van der Waals surface area contributed by atoms with Crippen LogP contribution in [-0.2, 0) is 19.5 Å². The van der Waals surface area contributed by atoms with Crippen LogP contribution < -0.4 is 5.32 Å². The zero-order valence-corrected chi connectivity index (χ0v) is 12.3. The third-order valence-corrected chi connectivity index (χ3v) is 3.63. The molecular formula is C17H24N2O. The van der Waals surface area contributed by atoms with Crippen molar-refractivity contribution in [3.05, 3.63) is 53.9 Å². The fourth-order valence-corrected chi connectivity index (χ4v) is 2.23. The minimum Gasteiger partial charge on any atom is -0.508 e. The molecule has 0 amide bonds. The number of aryl methyl sites for hydroxylation is 2. The van der Waals surface area contributed by atoms with Crippen LogP contribution >= 0.6 is 0 Å². The van der Waals surface area contributed by atoms with E-state index in [2.05, 4.69) is 42.2 Å². The molecule has 1 unspecified atom stereocenters. The van der Waals surface area contributed by atoms with Crippen molar-refractivity contribution < 1.29 is 5.11 Å². The summed E-state index contributed by atoms with van der Waals surface area (Å²) in [5.74, 6) is 0.334. The van der Waals surface area contributed by atoms with E-state index < -0.39 is 0 Å². The molecule has 2 N–H and O–H groups in total. The Morgan fingerprint density at radius 2 is 1.90 bits per heavy atom. The highest BCUT2D eigenvalue weighted by molar-refractivity contribution is 5.25. The third-order valence-electron chi connectivity index (χ3n) is 3.63. The van der Waals surface area contributed by atoms with Gasteiger partial charge in [0.05, 0.1) is 0 Å². The van der Waals surface area contributed by atoms with Crippen LogP contribution in [0.2, 0.25) is 0 Å². The number of nitrogens with zero attached hydrogens (tertiary/aromatic N) is 1. The number of nitrogens with one attached hydrogen (secondary N) is 1. The van der Waals surface area contributed by atoms with Crippen molar-refractivity contribution in [1.82, 2.24) is 9.88 Å². The molecular weight excluding hydrogens is 248 g/mol. The molecule has 3 nitrogen and oxygen atoms in total. The number of aromatic nitrogens is 1. The van der Waals surface area contributed by atoms with E-state index >= 15 is 0 Å². The maximum absolute atomic E-state index is 9.25. The van der Waals surface area contributed by atoms with E-state index in [-0.39, 0.29) is 0 Å². The van der Waals surface area contributed by atoms with E-state index in [1.54, 1.807) is 12.1 Å². The number of hydrogen-bond acceptors (Lipinski definition) is 2. The maximum atomic E-state index is 9.25. The summed E-state index contributed by atoms with van der Waals surface area (Å²) < 4.78 is 2.19. The first-order valence-electron chi connectivity index (χ1n) is 7.33. The second kappa shape index (κ2) is 7.15. The number of phenols is 1. The Hall–Kier alpha value is -1.74. The second-order valence-corrected chi connectivity index (χ2v) is 5.34. The predicted molar refractivity (Wildman–Crippen MR) is 82.8 cm³/mol. The zero-order valence-electron chi connectivity index (χ0n) is 12.3. The van der Waals surface area contributed by atoms with Crippen molar-refractivity contribution in [1.29, 1.82) is 0 Å². The molecule has 0 fully saturated rings. The van der Waals surface area contributed by atoms with E-state index in [1.807, 2.05) is 12.1 Å². The summed E-state index contributed by atoms with van der Waals surface area (Å²) in [6, 6.07) is 10.1. The number of benzene rings is 1. The number of rotatable bonds is 7. The van der Waals surface area contributed by atoms with E-state index in [0.717, 1.165) is 25.9 Å². The van der Waals surface area contributed by atoms with Gasteiger partial charge in [0.15, 0.2) is 0 Å². The molecule has 0 spiro atoms.